The summed E-state index contributed by atoms with van der Waals surface area (Å²) in [5.41, 5.74) is 1.84. The molecule has 0 saturated heterocycles. The molecule has 5 nitrogen and oxygen atoms in total. The van der Waals surface area contributed by atoms with Crippen molar-refractivity contribution in [2.75, 3.05) is 6.61 Å². The van der Waals surface area contributed by atoms with Crippen LogP contribution in [0.3, 0.4) is 0 Å². The Bertz CT molecular complexity index is 698. The number of carbonyl (C=O) groups excluding carboxylic acids is 2. The molecule has 5 heteroatoms. The summed E-state index contributed by atoms with van der Waals surface area (Å²) in [7, 11) is 0. The number of carboxylic acid groups (broad SMARTS) is 1. The van der Waals surface area contributed by atoms with E-state index in [1.54, 1.807) is 19.9 Å². The van der Waals surface area contributed by atoms with E-state index in [0.717, 1.165) is 11.1 Å². The standard InChI is InChI=1S/C19H21NO4/c1-13(2)18(19(22)23)20-17(21)12-24-16-11-7-6-10-15(16)14-8-4-3-5-9-14/h3-11,13,18H,12H2,1-2H3,(H,20,21)(H,22,23)/p-1/t18-/m0/s1. The van der Waals surface area contributed by atoms with Gasteiger partial charge in [0.2, 0.25) is 0 Å². The van der Waals surface area contributed by atoms with E-state index in [0.29, 0.717) is 5.75 Å². The van der Waals surface area contributed by atoms with E-state index in [4.69, 9.17) is 4.74 Å². The SMILES string of the molecule is CC(C)[C@H](NC(=O)COc1ccccc1-c1ccccc1)C(=O)[O-]. The minimum atomic E-state index is -1.30. The number of para-hydroxylation sites is 1. The molecule has 0 aliphatic rings. The highest BCUT2D eigenvalue weighted by Crippen LogP contribution is 2.29. The molecule has 0 radical (unpaired) electrons. The van der Waals surface area contributed by atoms with Crippen molar-refractivity contribution in [2.45, 2.75) is 19.9 Å². The Labute approximate surface area is 141 Å². The zero-order valence-electron chi connectivity index (χ0n) is 13.7. The van der Waals surface area contributed by atoms with E-state index < -0.39 is 17.9 Å². The first-order chi connectivity index (χ1) is 11.5. The number of hydrogen-bond acceptors (Lipinski definition) is 4. The van der Waals surface area contributed by atoms with Gasteiger partial charge in [0.15, 0.2) is 6.61 Å². The molecule has 0 bridgehead atoms. The first-order valence-electron chi connectivity index (χ1n) is 7.76. The lowest BCUT2D eigenvalue weighted by atomic mass is 10.0. The van der Waals surface area contributed by atoms with Crippen molar-refractivity contribution in [3.8, 4) is 16.9 Å². The highest BCUT2D eigenvalue weighted by atomic mass is 16.5. The minimum Gasteiger partial charge on any atom is -0.548 e. The molecule has 2 aromatic rings. The van der Waals surface area contributed by atoms with Gasteiger partial charge in [0.05, 0.1) is 12.0 Å². The minimum absolute atomic E-state index is 0.264. The van der Waals surface area contributed by atoms with Crippen LogP contribution in [0.2, 0.25) is 0 Å². The maximum atomic E-state index is 12.0. The van der Waals surface area contributed by atoms with Crippen LogP contribution in [0.4, 0.5) is 0 Å². The number of carboxylic acids is 1. The Morgan fingerprint density at radius 3 is 2.29 bits per heavy atom. The molecule has 0 aliphatic carbocycles. The highest BCUT2D eigenvalue weighted by Gasteiger charge is 2.17. The smallest absolute Gasteiger partial charge is 0.258 e. The second-order valence-electron chi connectivity index (χ2n) is 5.76. The van der Waals surface area contributed by atoms with Crippen LogP contribution in [0.5, 0.6) is 5.75 Å². The van der Waals surface area contributed by atoms with Gasteiger partial charge in [-0.1, -0.05) is 62.4 Å². The number of hydrogen-bond donors (Lipinski definition) is 1. The zero-order chi connectivity index (χ0) is 17.5. The molecule has 2 aromatic carbocycles. The first-order valence-corrected chi connectivity index (χ1v) is 7.76. The normalized spacial score (nSPS) is 11.8. The molecule has 1 atom stereocenters. The maximum absolute atomic E-state index is 12.0. The van der Waals surface area contributed by atoms with E-state index in [-0.39, 0.29) is 12.5 Å². The molecule has 1 amide bonds. The van der Waals surface area contributed by atoms with Gasteiger partial charge in [-0.3, -0.25) is 4.79 Å². The Balaban J connectivity index is 2.05. The van der Waals surface area contributed by atoms with Gasteiger partial charge in [-0.05, 0) is 17.5 Å². The lowest BCUT2D eigenvalue weighted by molar-refractivity contribution is -0.309. The molecule has 0 fully saturated rings. The average Bonchev–Trinajstić information content (AvgIpc) is 2.58. The predicted molar refractivity (Wildman–Crippen MR) is 89.1 cm³/mol. The molecule has 1 N–H and O–H groups in total. The van der Waals surface area contributed by atoms with E-state index in [9.17, 15) is 14.7 Å². The van der Waals surface area contributed by atoms with Crippen LogP contribution in [0.1, 0.15) is 13.8 Å². The van der Waals surface area contributed by atoms with Gasteiger partial charge in [0.25, 0.3) is 5.91 Å². The topological polar surface area (TPSA) is 78.5 Å². The molecule has 0 heterocycles. The molecule has 126 valence electrons. The molecule has 0 spiro atoms. The van der Waals surface area contributed by atoms with E-state index in [1.807, 2.05) is 48.5 Å². The summed E-state index contributed by atoms with van der Waals surface area (Å²) in [5.74, 6) is -1.51. The Morgan fingerprint density at radius 2 is 1.67 bits per heavy atom. The van der Waals surface area contributed by atoms with E-state index in [1.165, 1.54) is 0 Å². The summed E-state index contributed by atoms with van der Waals surface area (Å²) in [5, 5.41) is 13.4. The molecule has 0 saturated carbocycles. The summed E-state index contributed by atoms with van der Waals surface area (Å²) >= 11 is 0. The number of carbonyl (C=O) groups is 2. The fourth-order valence-electron chi connectivity index (χ4n) is 2.30. The average molecular weight is 326 g/mol. The van der Waals surface area contributed by atoms with Gasteiger partial charge in [-0.2, -0.15) is 0 Å². The molecule has 2 rings (SSSR count). The van der Waals surface area contributed by atoms with Crippen LogP contribution < -0.4 is 15.2 Å². The molecule has 0 aliphatic heterocycles. The highest BCUT2D eigenvalue weighted by molar-refractivity contribution is 5.84. The lowest BCUT2D eigenvalue weighted by Crippen LogP contribution is -2.51. The maximum Gasteiger partial charge on any atom is 0.258 e. The Kier molecular flexibility index (Phi) is 5.95. The van der Waals surface area contributed by atoms with Crippen molar-refractivity contribution in [1.29, 1.82) is 0 Å². The summed E-state index contributed by atoms with van der Waals surface area (Å²) in [6, 6.07) is 16.0. The van der Waals surface area contributed by atoms with Gasteiger partial charge in [-0.15, -0.1) is 0 Å². The van der Waals surface area contributed by atoms with Crippen molar-refractivity contribution in [1.82, 2.24) is 5.32 Å². The second kappa shape index (κ2) is 8.15. The van der Waals surface area contributed by atoms with Gasteiger partial charge < -0.3 is 20.0 Å². The van der Waals surface area contributed by atoms with Crippen LogP contribution in [0.25, 0.3) is 11.1 Å². The number of rotatable bonds is 7. The van der Waals surface area contributed by atoms with Gasteiger partial charge >= 0.3 is 0 Å². The fraction of sp³-hybridized carbons (Fsp3) is 0.263. The Morgan fingerprint density at radius 1 is 1.04 bits per heavy atom. The van der Waals surface area contributed by atoms with E-state index in [2.05, 4.69) is 5.32 Å². The lowest BCUT2D eigenvalue weighted by Gasteiger charge is -2.23. The summed E-state index contributed by atoms with van der Waals surface area (Å²) in [6.45, 7) is 3.14. The summed E-state index contributed by atoms with van der Waals surface area (Å²) in [4.78, 5) is 23.0. The molecular weight excluding hydrogens is 306 g/mol. The van der Waals surface area contributed by atoms with Gasteiger partial charge in [0.1, 0.15) is 5.75 Å². The van der Waals surface area contributed by atoms with Crippen molar-refractivity contribution in [3.05, 3.63) is 54.6 Å². The third kappa shape index (κ3) is 4.59. The number of ether oxygens (including phenoxy) is 1. The summed E-state index contributed by atoms with van der Waals surface area (Å²) in [6.07, 6.45) is 0. The third-order valence-electron chi connectivity index (χ3n) is 3.57. The van der Waals surface area contributed by atoms with Crippen LogP contribution in [0, 0.1) is 5.92 Å². The van der Waals surface area contributed by atoms with Crippen molar-refractivity contribution in [2.24, 2.45) is 5.92 Å². The third-order valence-corrected chi connectivity index (χ3v) is 3.57. The van der Waals surface area contributed by atoms with Crippen LogP contribution in [0.15, 0.2) is 54.6 Å². The Hall–Kier alpha value is -2.82. The number of benzene rings is 2. The fourth-order valence-corrected chi connectivity index (χ4v) is 2.30. The molecule has 0 unspecified atom stereocenters. The van der Waals surface area contributed by atoms with Gasteiger partial charge in [-0.25, -0.2) is 0 Å². The number of amides is 1. The van der Waals surface area contributed by atoms with Crippen LogP contribution in [-0.4, -0.2) is 24.5 Å². The molecule has 24 heavy (non-hydrogen) atoms. The molecule has 0 aromatic heterocycles. The van der Waals surface area contributed by atoms with Crippen LogP contribution in [-0.2, 0) is 9.59 Å². The largest absolute Gasteiger partial charge is 0.548 e. The van der Waals surface area contributed by atoms with Crippen LogP contribution >= 0.6 is 0 Å². The first kappa shape index (κ1) is 17.5. The zero-order valence-corrected chi connectivity index (χ0v) is 13.7. The molecular formula is C19H20NO4-. The van der Waals surface area contributed by atoms with Crippen molar-refractivity contribution in [3.63, 3.8) is 0 Å². The second-order valence-corrected chi connectivity index (χ2v) is 5.76. The van der Waals surface area contributed by atoms with Crippen molar-refractivity contribution < 1.29 is 19.4 Å². The number of aliphatic carboxylic acids is 1. The summed E-state index contributed by atoms with van der Waals surface area (Å²) < 4.78 is 5.59. The quantitative estimate of drug-likeness (QED) is 0.839. The van der Waals surface area contributed by atoms with Gasteiger partial charge in [0, 0.05) is 5.56 Å². The van der Waals surface area contributed by atoms with Crippen molar-refractivity contribution >= 4 is 11.9 Å². The number of nitrogens with one attached hydrogen (secondary N) is 1. The predicted octanol–water partition coefficient (Wildman–Crippen LogP) is 1.62. The monoisotopic (exact) mass is 326 g/mol. The van der Waals surface area contributed by atoms with E-state index >= 15 is 0 Å².